The van der Waals surface area contributed by atoms with Gasteiger partial charge in [-0.25, -0.2) is 4.79 Å². The number of ether oxygens (including phenoxy) is 1. The molecule has 2 heterocycles. The van der Waals surface area contributed by atoms with E-state index in [1.54, 1.807) is 13.2 Å². The second-order valence-corrected chi connectivity index (χ2v) is 5.25. The Bertz CT molecular complexity index is 781. The molecule has 2 rings (SSSR count). The highest BCUT2D eigenvalue weighted by Crippen LogP contribution is 2.38. The molecule has 0 atom stereocenters. The number of nitro groups is 1. The van der Waals surface area contributed by atoms with Gasteiger partial charge in [0.15, 0.2) is 11.5 Å². The molecule has 0 aliphatic heterocycles. The molecule has 7 nitrogen and oxygen atoms in total. The quantitative estimate of drug-likeness (QED) is 0.276. The van der Waals surface area contributed by atoms with Gasteiger partial charge in [-0.2, -0.15) is 0 Å². The Hall–Kier alpha value is -2.35. The van der Waals surface area contributed by atoms with Crippen molar-refractivity contribution in [2.45, 2.75) is 18.7 Å². The van der Waals surface area contributed by atoms with Gasteiger partial charge < -0.3 is 9.14 Å². The van der Waals surface area contributed by atoms with Gasteiger partial charge in [0.1, 0.15) is 10.4 Å². The predicted molar refractivity (Wildman–Crippen MR) is 81.8 cm³/mol. The summed E-state index contributed by atoms with van der Waals surface area (Å²) in [6, 6.07) is 2.94. The van der Waals surface area contributed by atoms with E-state index in [9.17, 15) is 19.7 Å². The molecule has 0 amide bonds. The number of fused-ring (bicyclic) bond motifs is 1. The first-order valence-corrected chi connectivity index (χ1v) is 7.69. The molecule has 0 aromatic carbocycles. The van der Waals surface area contributed by atoms with Crippen molar-refractivity contribution in [1.82, 2.24) is 4.40 Å². The van der Waals surface area contributed by atoms with E-state index in [4.69, 9.17) is 4.74 Å². The second-order valence-electron chi connectivity index (χ2n) is 4.43. The van der Waals surface area contributed by atoms with Crippen LogP contribution in [0, 0.1) is 10.1 Å². The Kier molecular flexibility index (Phi) is 4.51. The molecule has 116 valence electrons. The fraction of sp³-hybridized carbons (Fsp3) is 0.286. The number of esters is 1. The number of pyridine rings is 1. The molecular weight excluding hydrogens is 308 g/mol. The van der Waals surface area contributed by atoms with E-state index < -0.39 is 10.9 Å². The third-order valence-electron chi connectivity index (χ3n) is 3.13. The number of carbonyl (C=O) groups is 2. The van der Waals surface area contributed by atoms with Crippen molar-refractivity contribution in [1.29, 1.82) is 0 Å². The van der Waals surface area contributed by atoms with Gasteiger partial charge in [-0.15, -0.1) is 11.8 Å². The third-order valence-corrected chi connectivity index (χ3v) is 3.93. The number of rotatable bonds is 5. The van der Waals surface area contributed by atoms with Gasteiger partial charge in [-0.05, 0) is 32.2 Å². The first-order chi connectivity index (χ1) is 10.4. The number of nitrogens with zero attached hydrogens (tertiary/aromatic N) is 2. The van der Waals surface area contributed by atoms with Crippen LogP contribution >= 0.6 is 11.8 Å². The third kappa shape index (κ3) is 2.57. The Labute approximate surface area is 130 Å². The molecule has 2 aromatic rings. The molecule has 8 heteroatoms. The van der Waals surface area contributed by atoms with Crippen LogP contribution in [0.3, 0.4) is 0 Å². The average Bonchev–Trinajstić information content (AvgIpc) is 2.80. The van der Waals surface area contributed by atoms with Crippen LogP contribution in [-0.4, -0.2) is 33.9 Å². The highest BCUT2D eigenvalue weighted by atomic mass is 32.2. The number of Topliss-reactive ketones (excluding diaryl/α,β-unsaturated/α-hetero) is 1. The van der Waals surface area contributed by atoms with Crippen LogP contribution in [-0.2, 0) is 4.74 Å². The first-order valence-electron chi connectivity index (χ1n) is 6.46. The largest absolute Gasteiger partial charge is 0.461 e. The smallest absolute Gasteiger partial charge is 0.356 e. The van der Waals surface area contributed by atoms with E-state index in [0.29, 0.717) is 5.56 Å². The Balaban J connectivity index is 2.87. The summed E-state index contributed by atoms with van der Waals surface area (Å²) < 4.78 is 6.38. The molecule has 0 spiro atoms. The van der Waals surface area contributed by atoms with Gasteiger partial charge in [-0.3, -0.25) is 14.9 Å². The number of aromatic nitrogens is 1. The second kappa shape index (κ2) is 6.18. The van der Waals surface area contributed by atoms with Gasteiger partial charge in [0, 0.05) is 11.8 Å². The van der Waals surface area contributed by atoms with Gasteiger partial charge in [0.2, 0.25) is 0 Å². The molecule has 0 saturated heterocycles. The van der Waals surface area contributed by atoms with E-state index in [-0.39, 0.29) is 34.2 Å². The predicted octanol–water partition coefficient (Wildman–Crippen LogP) is 2.95. The molecule has 0 saturated carbocycles. The molecule has 22 heavy (non-hydrogen) atoms. The molecule has 0 bridgehead atoms. The van der Waals surface area contributed by atoms with Crippen molar-refractivity contribution >= 4 is 34.7 Å². The number of thioether (sulfide) groups is 1. The number of hydrogen-bond acceptors (Lipinski definition) is 6. The van der Waals surface area contributed by atoms with Gasteiger partial charge in [0.25, 0.3) is 0 Å². The van der Waals surface area contributed by atoms with Crippen molar-refractivity contribution < 1.29 is 19.2 Å². The van der Waals surface area contributed by atoms with Crippen molar-refractivity contribution in [2.75, 3.05) is 12.9 Å². The molecule has 0 unspecified atom stereocenters. The van der Waals surface area contributed by atoms with Crippen LogP contribution in [0.15, 0.2) is 23.2 Å². The molecule has 0 fully saturated rings. The maximum atomic E-state index is 12.1. The summed E-state index contributed by atoms with van der Waals surface area (Å²) in [4.78, 5) is 34.7. The topological polar surface area (TPSA) is 90.9 Å². The number of carbonyl (C=O) groups excluding carboxylic acids is 2. The maximum absolute atomic E-state index is 12.1. The number of ketones is 1. The zero-order chi connectivity index (χ0) is 16.4. The SMILES string of the molecule is CCOC(=O)c1c(SC)c([N+](=O)[O-])c2cc(C(C)=O)ccn12. The summed E-state index contributed by atoms with van der Waals surface area (Å²) in [5.74, 6) is -0.841. The first kappa shape index (κ1) is 16.0. The summed E-state index contributed by atoms with van der Waals surface area (Å²) in [5, 5.41) is 11.4. The summed E-state index contributed by atoms with van der Waals surface area (Å²) >= 11 is 1.10. The summed E-state index contributed by atoms with van der Waals surface area (Å²) in [6.45, 7) is 3.20. The van der Waals surface area contributed by atoms with Gasteiger partial charge in [-0.1, -0.05) is 0 Å². The average molecular weight is 322 g/mol. The standard InChI is InChI=1S/C14H14N2O5S/c1-4-21-14(18)12-13(22-3)11(16(19)20)10-7-9(8(2)17)5-6-15(10)12/h5-7H,4H2,1-3H3. The van der Waals surface area contributed by atoms with Crippen molar-refractivity contribution in [2.24, 2.45) is 0 Å². The molecule has 0 N–H and O–H groups in total. The maximum Gasteiger partial charge on any atom is 0.356 e. The van der Waals surface area contributed by atoms with E-state index in [1.165, 1.54) is 29.7 Å². The molecular formula is C14H14N2O5S. The zero-order valence-corrected chi connectivity index (χ0v) is 13.1. The van der Waals surface area contributed by atoms with Crippen molar-refractivity contribution in [3.8, 4) is 0 Å². The van der Waals surface area contributed by atoms with Crippen LogP contribution < -0.4 is 0 Å². The van der Waals surface area contributed by atoms with Crippen LogP contribution in [0.5, 0.6) is 0 Å². The summed E-state index contributed by atoms with van der Waals surface area (Å²) in [5.41, 5.74) is 0.450. The van der Waals surface area contributed by atoms with Gasteiger partial charge >= 0.3 is 11.7 Å². The molecule has 0 aliphatic carbocycles. The molecule has 0 radical (unpaired) electrons. The lowest BCUT2D eigenvalue weighted by Gasteiger charge is -2.04. The number of hydrogen-bond donors (Lipinski definition) is 0. The highest BCUT2D eigenvalue weighted by Gasteiger charge is 2.31. The fourth-order valence-corrected chi connectivity index (χ4v) is 2.94. The van der Waals surface area contributed by atoms with Crippen molar-refractivity contribution in [3.63, 3.8) is 0 Å². The monoisotopic (exact) mass is 322 g/mol. The Morgan fingerprint density at radius 3 is 2.64 bits per heavy atom. The lowest BCUT2D eigenvalue weighted by atomic mass is 10.2. The van der Waals surface area contributed by atoms with Crippen LogP contribution in [0.1, 0.15) is 34.7 Å². The summed E-state index contributed by atoms with van der Waals surface area (Å²) in [7, 11) is 0. The minimum Gasteiger partial charge on any atom is -0.461 e. The lowest BCUT2D eigenvalue weighted by Crippen LogP contribution is -2.09. The fourth-order valence-electron chi connectivity index (χ4n) is 2.19. The van der Waals surface area contributed by atoms with Gasteiger partial charge in [0.05, 0.1) is 11.5 Å². The Morgan fingerprint density at radius 1 is 1.45 bits per heavy atom. The van der Waals surface area contributed by atoms with E-state index >= 15 is 0 Å². The zero-order valence-electron chi connectivity index (χ0n) is 12.3. The Morgan fingerprint density at radius 2 is 2.14 bits per heavy atom. The van der Waals surface area contributed by atoms with E-state index in [2.05, 4.69) is 0 Å². The van der Waals surface area contributed by atoms with E-state index in [1.807, 2.05) is 0 Å². The van der Waals surface area contributed by atoms with Crippen molar-refractivity contribution in [3.05, 3.63) is 39.7 Å². The van der Waals surface area contributed by atoms with Crippen LogP contribution in [0.4, 0.5) is 5.69 Å². The molecule has 2 aromatic heterocycles. The summed E-state index contributed by atoms with van der Waals surface area (Å²) in [6.07, 6.45) is 3.13. The molecule has 0 aliphatic rings. The lowest BCUT2D eigenvalue weighted by molar-refractivity contribution is -0.385. The van der Waals surface area contributed by atoms with E-state index in [0.717, 1.165) is 11.8 Å². The van der Waals surface area contributed by atoms with Crippen LogP contribution in [0.25, 0.3) is 5.52 Å². The minimum atomic E-state index is -0.634. The minimum absolute atomic E-state index is 0.103. The van der Waals surface area contributed by atoms with Crippen LogP contribution in [0.2, 0.25) is 0 Å². The highest BCUT2D eigenvalue weighted by molar-refractivity contribution is 7.98. The normalized spacial score (nSPS) is 10.7.